The highest BCUT2D eigenvalue weighted by molar-refractivity contribution is 5.32. The topological polar surface area (TPSA) is 86.7 Å². The molecular weight excluding hydrogens is 210 g/mol. The quantitative estimate of drug-likeness (QED) is 0.566. The van der Waals surface area contributed by atoms with Gasteiger partial charge in [0.25, 0.3) is 5.69 Å². The number of rotatable bonds is 3. The first-order valence-corrected chi connectivity index (χ1v) is 4.63. The average molecular weight is 219 g/mol. The number of hydrogen-bond donors (Lipinski definition) is 0. The molecule has 82 valence electrons. The average Bonchev–Trinajstić information content (AvgIpc) is 2.65. The summed E-state index contributed by atoms with van der Waals surface area (Å²) in [7, 11) is 0. The van der Waals surface area contributed by atoms with Gasteiger partial charge in [-0.3, -0.25) is 10.1 Å². The number of nitro groups is 1. The van der Waals surface area contributed by atoms with Gasteiger partial charge >= 0.3 is 0 Å². The fraction of sp³-hybridized carbons (Fsp3) is 0.222. The first-order chi connectivity index (χ1) is 7.66. The van der Waals surface area contributed by atoms with Crippen LogP contribution in [0.2, 0.25) is 0 Å². The second-order valence-electron chi connectivity index (χ2n) is 3.31. The Morgan fingerprint density at radius 1 is 1.38 bits per heavy atom. The largest absolute Gasteiger partial charge is 0.269 e. The molecule has 1 heterocycles. The highest BCUT2D eigenvalue weighted by Gasteiger charge is 2.05. The zero-order chi connectivity index (χ0) is 11.5. The summed E-state index contributed by atoms with van der Waals surface area (Å²) < 4.78 is 1.63. The van der Waals surface area contributed by atoms with Gasteiger partial charge in [0.1, 0.15) is 5.82 Å². The maximum atomic E-state index is 10.5. The van der Waals surface area contributed by atoms with Gasteiger partial charge in [-0.1, -0.05) is 12.1 Å². The smallest absolute Gasteiger partial charge is 0.258 e. The number of aryl methyl sites for hydroxylation is 1. The van der Waals surface area contributed by atoms with Crippen molar-refractivity contribution in [3.8, 4) is 0 Å². The molecule has 0 amide bonds. The molecule has 0 aliphatic heterocycles. The van der Waals surface area contributed by atoms with Crippen LogP contribution in [0.25, 0.3) is 0 Å². The van der Waals surface area contributed by atoms with Crippen molar-refractivity contribution < 1.29 is 4.92 Å². The molecular formula is C9H9N5O2. The predicted octanol–water partition coefficient (Wildman–Crippen LogP) is 0.938. The summed E-state index contributed by atoms with van der Waals surface area (Å²) in [6.07, 6.45) is 0. The van der Waals surface area contributed by atoms with Crippen molar-refractivity contribution in [3.63, 3.8) is 0 Å². The molecule has 0 N–H and O–H groups in total. The first-order valence-electron chi connectivity index (χ1n) is 4.63. The van der Waals surface area contributed by atoms with Crippen molar-refractivity contribution in [2.24, 2.45) is 0 Å². The molecule has 2 aromatic rings. The summed E-state index contributed by atoms with van der Waals surface area (Å²) in [4.78, 5) is 10.0. The summed E-state index contributed by atoms with van der Waals surface area (Å²) in [5.41, 5.74) is 0.998. The lowest BCUT2D eigenvalue weighted by atomic mass is 10.2. The zero-order valence-electron chi connectivity index (χ0n) is 8.57. The molecule has 0 saturated carbocycles. The molecule has 7 nitrogen and oxygen atoms in total. The molecule has 0 atom stereocenters. The van der Waals surface area contributed by atoms with Crippen molar-refractivity contribution in [1.29, 1.82) is 0 Å². The van der Waals surface area contributed by atoms with Crippen molar-refractivity contribution in [1.82, 2.24) is 20.2 Å². The normalized spacial score (nSPS) is 10.3. The van der Waals surface area contributed by atoms with E-state index >= 15 is 0 Å². The molecule has 2 rings (SSSR count). The number of hydrogen-bond acceptors (Lipinski definition) is 5. The highest BCUT2D eigenvalue weighted by Crippen LogP contribution is 2.12. The number of nitro benzene ring substituents is 1. The van der Waals surface area contributed by atoms with Crippen LogP contribution in [0.3, 0.4) is 0 Å². The Morgan fingerprint density at radius 3 is 2.56 bits per heavy atom. The van der Waals surface area contributed by atoms with Gasteiger partial charge < -0.3 is 0 Å². The molecule has 0 fully saturated rings. The minimum atomic E-state index is -0.425. The molecule has 1 aromatic carbocycles. The van der Waals surface area contributed by atoms with E-state index in [4.69, 9.17) is 0 Å². The molecule has 0 bridgehead atoms. The number of aromatic nitrogens is 4. The van der Waals surface area contributed by atoms with Crippen LogP contribution in [0.1, 0.15) is 11.4 Å². The van der Waals surface area contributed by atoms with E-state index in [1.165, 1.54) is 12.1 Å². The summed E-state index contributed by atoms with van der Waals surface area (Å²) >= 11 is 0. The van der Waals surface area contributed by atoms with Gasteiger partial charge in [-0.15, -0.1) is 5.10 Å². The lowest BCUT2D eigenvalue weighted by Crippen LogP contribution is -2.04. The monoisotopic (exact) mass is 219 g/mol. The van der Waals surface area contributed by atoms with Crippen molar-refractivity contribution in [3.05, 3.63) is 45.8 Å². The molecule has 1 aromatic heterocycles. The van der Waals surface area contributed by atoms with Crippen LogP contribution in [-0.2, 0) is 6.54 Å². The van der Waals surface area contributed by atoms with E-state index < -0.39 is 4.92 Å². The molecule has 0 aliphatic carbocycles. The van der Waals surface area contributed by atoms with E-state index in [0.29, 0.717) is 12.4 Å². The lowest BCUT2D eigenvalue weighted by molar-refractivity contribution is -0.384. The third-order valence-corrected chi connectivity index (χ3v) is 2.19. The molecule has 0 radical (unpaired) electrons. The van der Waals surface area contributed by atoms with Gasteiger partial charge in [-0.05, 0) is 22.9 Å². The van der Waals surface area contributed by atoms with Crippen LogP contribution >= 0.6 is 0 Å². The van der Waals surface area contributed by atoms with Gasteiger partial charge in [0.2, 0.25) is 0 Å². The second kappa shape index (κ2) is 4.05. The molecule has 0 saturated heterocycles. The summed E-state index contributed by atoms with van der Waals surface area (Å²) in [5, 5.41) is 21.5. The van der Waals surface area contributed by atoms with E-state index in [1.807, 2.05) is 0 Å². The standard InChI is InChI=1S/C9H9N5O2/c1-7-10-11-12-13(7)6-8-2-4-9(5-3-8)14(15)16/h2-5H,6H2,1H3. The first kappa shape index (κ1) is 10.2. The minimum absolute atomic E-state index is 0.0807. The Kier molecular flexibility index (Phi) is 2.59. The number of nitrogens with zero attached hydrogens (tertiary/aromatic N) is 5. The van der Waals surface area contributed by atoms with Gasteiger partial charge in [0.05, 0.1) is 11.5 Å². The molecule has 0 unspecified atom stereocenters. The Morgan fingerprint density at radius 2 is 2.06 bits per heavy atom. The van der Waals surface area contributed by atoms with E-state index in [0.717, 1.165) is 5.56 Å². The molecule has 7 heteroatoms. The predicted molar refractivity (Wildman–Crippen MR) is 54.8 cm³/mol. The molecule has 0 aliphatic rings. The van der Waals surface area contributed by atoms with Crippen LogP contribution in [0.4, 0.5) is 5.69 Å². The highest BCUT2D eigenvalue weighted by atomic mass is 16.6. The zero-order valence-corrected chi connectivity index (χ0v) is 8.57. The summed E-state index contributed by atoms with van der Waals surface area (Å²) in [5.74, 6) is 0.707. The Balaban J connectivity index is 2.17. The van der Waals surface area contributed by atoms with Crippen molar-refractivity contribution >= 4 is 5.69 Å². The number of benzene rings is 1. The van der Waals surface area contributed by atoms with Crippen LogP contribution in [0.5, 0.6) is 0 Å². The third-order valence-electron chi connectivity index (χ3n) is 2.19. The maximum absolute atomic E-state index is 10.5. The summed E-state index contributed by atoms with van der Waals surface area (Å²) in [6, 6.07) is 6.32. The summed E-state index contributed by atoms with van der Waals surface area (Å²) in [6.45, 7) is 2.31. The fourth-order valence-corrected chi connectivity index (χ4v) is 1.29. The van der Waals surface area contributed by atoms with Crippen LogP contribution in [0, 0.1) is 17.0 Å². The van der Waals surface area contributed by atoms with E-state index in [9.17, 15) is 10.1 Å². The van der Waals surface area contributed by atoms with Gasteiger partial charge in [-0.25, -0.2) is 4.68 Å². The van der Waals surface area contributed by atoms with Gasteiger partial charge in [-0.2, -0.15) is 0 Å². The van der Waals surface area contributed by atoms with Crippen LogP contribution < -0.4 is 0 Å². The SMILES string of the molecule is Cc1nnnn1Cc1ccc([N+](=O)[O-])cc1. The van der Waals surface area contributed by atoms with Gasteiger partial charge in [0, 0.05) is 12.1 Å². The molecule has 16 heavy (non-hydrogen) atoms. The number of non-ortho nitro benzene ring substituents is 1. The van der Waals surface area contributed by atoms with E-state index in [-0.39, 0.29) is 5.69 Å². The van der Waals surface area contributed by atoms with Gasteiger partial charge in [0.15, 0.2) is 0 Å². The van der Waals surface area contributed by atoms with E-state index in [1.54, 1.807) is 23.7 Å². The number of tetrazole rings is 1. The second-order valence-corrected chi connectivity index (χ2v) is 3.31. The van der Waals surface area contributed by atoms with Crippen LogP contribution in [0.15, 0.2) is 24.3 Å². The van der Waals surface area contributed by atoms with Crippen molar-refractivity contribution in [2.45, 2.75) is 13.5 Å². The Bertz CT molecular complexity index is 505. The Hall–Kier alpha value is -2.31. The fourth-order valence-electron chi connectivity index (χ4n) is 1.29. The lowest BCUT2D eigenvalue weighted by Gasteiger charge is -2.01. The third kappa shape index (κ3) is 2.02. The van der Waals surface area contributed by atoms with Crippen LogP contribution in [-0.4, -0.2) is 25.1 Å². The molecule has 0 spiro atoms. The van der Waals surface area contributed by atoms with E-state index in [2.05, 4.69) is 15.5 Å². The van der Waals surface area contributed by atoms with Crippen molar-refractivity contribution in [2.75, 3.05) is 0 Å². The minimum Gasteiger partial charge on any atom is -0.258 e. The maximum Gasteiger partial charge on any atom is 0.269 e. The Labute approximate surface area is 90.9 Å².